The fourth-order valence-corrected chi connectivity index (χ4v) is 6.18. The molecule has 2 fully saturated rings. The second-order valence-corrected chi connectivity index (χ2v) is 13.1. The Hall–Kier alpha value is -5.02. The highest BCUT2D eigenvalue weighted by Crippen LogP contribution is 2.59. The van der Waals surface area contributed by atoms with Gasteiger partial charge in [-0.3, -0.25) is 9.97 Å². The first-order chi connectivity index (χ1) is 20.8. The molecule has 0 bridgehead atoms. The number of anilines is 2. The lowest BCUT2D eigenvalue weighted by atomic mass is 9.96. The van der Waals surface area contributed by atoms with Crippen LogP contribution in [0.3, 0.4) is 0 Å². The average Bonchev–Trinajstić information content (AvgIpc) is 3.95. The van der Waals surface area contributed by atoms with E-state index in [9.17, 15) is 10.5 Å². The summed E-state index contributed by atoms with van der Waals surface area (Å²) in [4.78, 5) is 8.85. The molecule has 1 unspecified atom stereocenters. The van der Waals surface area contributed by atoms with Crippen LogP contribution in [0.2, 0.25) is 0 Å². The Morgan fingerprint density at radius 1 is 1.05 bits per heavy atom. The molecule has 2 saturated carbocycles. The number of hydrogen-bond acceptors (Lipinski definition) is 8. The molecule has 0 saturated heterocycles. The highest BCUT2D eigenvalue weighted by Gasteiger charge is 2.56. The third-order valence-electron chi connectivity index (χ3n) is 8.71. The Labute approximate surface area is 250 Å². The summed E-state index contributed by atoms with van der Waals surface area (Å²) in [7, 11) is 0. The number of fused-ring (bicyclic) bond motifs is 2. The highest BCUT2D eigenvalue weighted by molar-refractivity contribution is 5.99. The monoisotopic (exact) mass is 567 g/mol. The second-order valence-electron chi connectivity index (χ2n) is 13.1. The first-order valence-electron chi connectivity index (χ1n) is 14.8. The van der Waals surface area contributed by atoms with Gasteiger partial charge in [0.05, 0.1) is 40.1 Å². The van der Waals surface area contributed by atoms with Gasteiger partial charge in [-0.1, -0.05) is 44.2 Å². The summed E-state index contributed by atoms with van der Waals surface area (Å²) in [6.45, 7) is 7.06. The van der Waals surface area contributed by atoms with E-state index in [-0.39, 0.29) is 17.0 Å². The van der Waals surface area contributed by atoms with Gasteiger partial charge in [-0.15, -0.1) is 5.10 Å². The molecular weight excluding hydrogens is 534 g/mol. The van der Waals surface area contributed by atoms with Crippen LogP contribution in [0.1, 0.15) is 74.9 Å². The molecule has 214 valence electrons. The van der Waals surface area contributed by atoms with Gasteiger partial charge < -0.3 is 10.6 Å². The van der Waals surface area contributed by atoms with Gasteiger partial charge in [-0.05, 0) is 66.2 Å². The number of rotatable bonds is 8. The molecule has 3 aromatic heterocycles. The SMILES string of the molecule is CC(C)(C)CNc1c(C#N)cnc2c(C#N)cc(NC(c3cn(C4(C5CC5)CC4)nn3)c3cccc4cnccc34)cc12. The first kappa shape index (κ1) is 26.9. The lowest BCUT2D eigenvalue weighted by Crippen LogP contribution is -2.20. The van der Waals surface area contributed by atoms with Gasteiger partial charge in [0, 0.05) is 41.6 Å². The van der Waals surface area contributed by atoms with E-state index in [0.717, 1.165) is 45.9 Å². The lowest BCUT2D eigenvalue weighted by molar-refractivity contribution is 0.371. The number of benzene rings is 2. The van der Waals surface area contributed by atoms with Crippen LogP contribution in [0, 0.1) is 34.0 Å². The Balaban J connectivity index is 1.36. The molecule has 7 rings (SSSR count). The molecule has 9 nitrogen and oxygen atoms in total. The summed E-state index contributed by atoms with van der Waals surface area (Å²) < 4.78 is 2.10. The number of nitriles is 2. The molecule has 0 aliphatic heterocycles. The maximum atomic E-state index is 10.2. The van der Waals surface area contributed by atoms with Crippen LogP contribution in [0.4, 0.5) is 11.4 Å². The Morgan fingerprint density at radius 3 is 2.58 bits per heavy atom. The smallest absolute Gasteiger partial charge is 0.110 e. The van der Waals surface area contributed by atoms with Crippen molar-refractivity contribution in [3.63, 3.8) is 0 Å². The van der Waals surface area contributed by atoms with Crippen LogP contribution in [0.5, 0.6) is 0 Å². The molecule has 0 spiro atoms. The Kier molecular flexibility index (Phi) is 6.28. The number of nitrogens with zero attached hydrogens (tertiary/aromatic N) is 7. The van der Waals surface area contributed by atoms with Crippen LogP contribution < -0.4 is 10.6 Å². The quantitative estimate of drug-likeness (QED) is 0.213. The van der Waals surface area contributed by atoms with Gasteiger partial charge in [0.25, 0.3) is 0 Å². The maximum Gasteiger partial charge on any atom is 0.110 e. The van der Waals surface area contributed by atoms with Crippen LogP contribution in [0.15, 0.2) is 61.2 Å². The van der Waals surface area contributed by atoms with Crippen molar-refractivity contribution in [1.29, 1.82) is 10.5 Å². The molecule has 43 heavy (non-hydrogen) atoms. The van der Waals surface area contributed by atoms with Crippen molar-refractivity contribution in [1.82, 2.24) is 25.0 Å². The van der Waals surface area contributed by atoms with E-state index in [0.29, 0.717) is 34.8 Å². The molecule has 0 amide bonds. The third kappa shape index (κ3) is 4.91. The van der Waals surface area contributed by atoms with E-state index in [4.69, 9.17) is 5.10 Å². The second kappa shape index (κ2) is 10.1. The van der Waals surface area contributed by atoms with Gasteiger partial charge in [0.2, 0.25) is 0 Å². The number of nitrogens with one attached hydrogen (secondary N) is 2. The van der Waals surface area contributed by atoms with Crippen LogP contribution in [0.25, 0.3) is 21.7 Å². The van der Waals surface area contributed by atoms with E-state index in [2.05, 4.69) is 81.7 Å². The molecule has 2 aliphatic carbocycles. The minimum atomic E-state index is -0.350. The molecule has 2 aromatic carbocycles. The minimum Gasteiger partial charge on any atom is -0.383 e. The highest BCUT2D eigenvalue weighted by atomic mass is 15.5. The summed E-state index contributed by atoms with van der Waals surface area (Å²) in [6.07, 6.45) is 12.1. The molecule has 2 aliphatic rings. The lowest BCUT2D eigenvalue weighted by Gasteiger charge is -2.23. The first-order valence-corrected chi connectivity index (χ1v) is 14.8. The van der Waals surface area contributed by atoms with E-state index < -0.39 is 0 Å². The van der Waals surface area contributed by atoms with Crippen molar-refractivity contribution >= 4 is 33.1 Å². The predicted molar refractivity (Wildman–Crippen MR) is 166 cm³/mol. The Bertz CT molecular complexity index is 1940. The molecule has 3 heterocycles. The number of pyridine rings is 2. The normalized spacial score (nSPS) is 16.4. The topological polar surface area (TPSA) is 128 Å². The zero-order valence-corrected chi connectivity index (χ0v) is 24.6. The van der Waals surface area contributed by atoms with E-state index in [1.807, 2.05) is 30.5 Å². The maximum absolute atomic E-state index is 10.2. The standard InChI is InChI=1S/C34H33N9/c1-33(2,3)20-39-31-23(16-36)18-38-30-22(15-35)13-25(14-28(30)31)40-32(27-6-4-5-21-17-37-12-9-26(21)27)29-19-43(42-41-29)34(10-11-34)24-7-8-24/h4-6,9,12-14,17-19,24,32,40H,7-8,10-11,20H2,1-3H3,(H,38,39). The van der Waals surface area contributed by atoms with Crippen molar-refractivity contribution in [2.24, 2.45) is 11.3 Å². The van der Waals surface area contributed by atoms with Crippen LogP contribution >= 0.6 is 0 Å². The fraction of sp³-hybridized carbons (Fsp3) is 0.353. The number of aromatic nitrogens is 5. The van der Waals surface area contributed by atoms with Crippen molar-refractivity contribution in [2.75, 3.05) is 17.2 Å². The zero-order valence-electron chi connectivity index (χ0n) is 24.6. The zero-order chi connectivity index (χ0) is 29.8. The van der Waals surface area contributed by atoms with Gasteiger partial charge in [0.1, 0.15) is 17.8 Å². The predicted octanol–water partition coefficient (Wildman–Crippen LogP) is 6.68. The van der Waals surface area contributed by atoms with E-state index in [1.165, 1.54) is 12.8 Å². The molecule has 0 radical (unpaired) electrons. The number of hydrogen-bond donors (Lipinski definition) is 2. The summed E-state index contributed by atoms with van der Waals surface area (Å²) in [5, 5.41) is 39.5. The minimum absolute atomic E-state index is 0.0181. The van der Waals surface area contributed by atoms with Crippen molar-refractivity contribution in [3.05, 3.63) is 83.6 Å². The summed E-state index contributed by atoms with van der Waals surface area (Å²) in [6, 6.07) is 16.3. The molecule has 2 N–H and O–H groups in total. The van der Waals surface area contributed by atoms with Crippen molar-refractivity contribution < 1.29 is 0 Å². The molecule has 1 atom stereocenters. The van der Waals surface area contributed by atoms with Gasteiger partial charge >= 0.3 is 0 Å². The van der Waals surface area contributed by atoms with Crippen molar-refractivity contribution in [3.8, 4) is 12.1 Å². The van der Waals surface area contributed by atoms with E-state index in [1.54, 1.807) is 12.4 Å². The van der Waals surface area contributed by atoms with Gasteiger partial charge in [0.15, 0.2) is 0 Å². The molecule has 5 aromatic rings. The van der Waals surface area contributed by atoms with Crippen LogP contribution in [-0.2, 0) is 5.54 Å². The van der Waals surface area contributed by atoms with Crippen LogP contribution in [-0.4, -0.2) is 31.5 Å². The van der Waals surface area contributed by atoms with Gasteiger partial charge in [-0.2, -0.15) is 10.5 Å². The average molecular weight is 568 g/mol. The van der Waals surface area contributed by atoms with Crippen molar-refractivity contribution in [2.45, 2.75) is 58.0 Å². The molecule has 9 heteroatoms. The van der Waals surface area contributed by atoms with Gasteiger partial charge in [-0.25, -0.2) is 4.68 Å². The third-order valence-corrected chi connectivity index (χ3v) is 8.71. The summed E-state index contributed by atoms with van der Waals surface area (Å²) >= 11 is 0. The largest absolute Gasteiger partial charge is 0.383 e. The van der Waals surface area contributed by atoms with E-state index >= 15 is 0 Å². The molecular formula is C34H33N9. The summed E-state index contributed by atoms with van der Waals surface area (Å²) in [5.41, 5.74) is 4.78. The Morgan fingerprint density at radius 2 is 1.86 bits per heavy atom. The fourth-order valence-electron chi connectivity index (χ4n) is 6.18. The summed E-state index contributed by atoms with van der Waals surface area (Å²) in [5.74, 6) is 0.691.